The monoisotopic (exact) mass is 270 g/mol. The molecule has 0 aliphatic heterocycles. The highest BCUT2D eigenvalue weighted by molar-refractivity contribution is 5.69. The van der Waals surface area contributed by atoms with Gasteiger partial charge in [-0.15, -0.1) is 0 Å². The Hall–Kier alpha value is -2.02. The number of nitro benzene ring substituents is 1. The van der Waals surface area contributed by atoms with Gasteiger partial charge in [-0.1, -0.05) is 0 Å². The zero-order valence-corrected chi connectivity index (χ0v) is 10.5. The van der Waals surface area contributed by atoms with Crippen LogP contribution in [0.25, 0.3) is 0 Å². The Kier molecular flexibility index (Phi) is 5.87. The number of carbonyl (C=O) groups excluding carboxylic acids is 1. The lowest BCUT2D eigenvalue weighted by Crippen LogP contribution is -2.19. The number of esters is 1. The molecule has 0 unspecified atom stereocenters. The van der Waals surface area contributed by atoms with Crippen molar-refractivity contribution in [3.8, 4) is 0 Å². The molecule has 0 atom stereocenters. The Morgan fingerprint density at radius 1 is 1.53 bits per heavy atom. The van der Waals surface area contributed by atoms with Crippen molar-refractivity contribution in [3.05, 3.63) is 39.7 Å². The highest BCUT2D eigenvalue weighted by Crippen LogP contribution is 2.19. The van der Waals surface area contributed by atoms with Gasteiger partial charge in [-0.05, 0) is 19.1 Å². The van der Waals surface area contributed by atoms with E-state index >= 15 is 0 Å². The Bertz CT molecular complexity index is 465. The summed E-state index contributed by atoms with van der Waals surface area (Å²) in [5.41, 5.74) is 0.0962. The minimum atomic E-state index is -0.568. The van der Waals surface area contributed by atoms with Crippen molar-refractivity contribution in [2.75, 3.05) is 13.2 Å². The van der Waals surface area contributed by atoms with Crippen LogP contribution in [0.5, 0.6) is 0 Å². The van der Waals surface area contributed by atoms with E-state index < -0.39 is 10.7 Å². The number of rotatable bonds is 7. The molecule has 1 aromatic rings. The molecule has 0 radical (unpaired) electrons. The van der Waals surface area contributed by atoms with Crippen LogP contribution in [0.2, 0.25) is 0 Å². The summed E-state index contributed by atoms with van der Waals surface area (Å²) in [5.74, 6) is -0.878. The molecule has 1 aromatic carbocycles. The molecule has 0 heterocycles. The van der Waals surface area contributed by atoms with E-state index in [1.165, 1.54) is 0 Å². The molecule has 1 rings (SSSR count). The van der Waals surface area contributed by atoms with Gasteiger partial charge in [-0.2, -0.15) is 0 Å². The van der Waals surface area contributed by atoms with Crippen LogP contribution >= 0.6 is 0 Å². The molecule has 0 aliphatic carbocycles. The van der Waals surface area contributed by atoms with Crippen molar-refractivity contribution in [2.45, 2.75) is 19.9 Å². The third kappa shape index (κ3) is 5.01. The lowest BCUT2D eigenvalue weighted by molar-refractivity contribution is -0.385. The van der Waals surface area contributed by atoms with Gasteiger partial charge in [0.25, 0.3) is 5.69 Å². The quantitative estimate of drug-likeness (QED) is 0.353. The first-order valence-electron chi connectivity index (χ1n) is 5.83. The molecule has 19 heavy (non-hydrogen) atoms. The largest absolute Gasteiger partial charge is 0.466 e. The SMILES string of the molecule is CCOC(=O)CCNCc1cc(F)ccc1[N+](=O)[O-]. The molecule has 104 valence electrons. The number of hydrogen-bond acceptors (Lipinski definition) is 5. The van der Waals surface area contributed by atoms with Gasteiger partial charge >= 0.3 is 5.97 Å². The van der Waals surface area contributed by atoms with Gasteiger partial charge in [0.2, 0.25) is 0 Å². The number of ether oxygens (including phenoxy) is 1. The molecule has 0 aliphatic rings. The molecular formula is C12H15FN2O4. The molecule has 0 fully saturated rings. The van der Waals surface area contributed by atoms with Crippen LogP contribution < -0.4 is 5.32 Å². The minimum absolute atomic E-state index is 0.119. The molecule has 1 N–H and O–H groups in total. The summed E-state index contributed by atoms with van der Waals surface area (Å²) in [6, 6.07) is 3.27. The maximum absolute atomic E-state index is 13.0. The van der Waals surface area contributed by atoms with E-state index in [-0.39, 0.29) is 30.2 Å². The second-order valence-electron chi connectivity index (χ2n) is 3.76. The molecule has 0 amide bonds. The average Bonchev–Trinajstić information content (AvgIpc) is 2.34. The van der Waals surface area contributed by atoms with E-state index in [0.717, 1.165) is 18.2 Å². The van der Waals surface area contributed by atoms with E-state index in [0.29, 0.717) is 13.2 Å². The molecule has 6 nitrogen and oxygen atoms in total. The van der Waals surface area contributed by atoms with Crippen LogP contribution in [-0.2, 0) is 16.1 Å². The topological polar surface area (TPSA) is 81.5 Å². The normalized spacial score (nSPS) is 10.2. The van der Waals surface area contributed by atoms with E-state index in [1.807, 2.05) is 0 Å². The van der Waals surface area contributed by atoms with Gasteiger partial charge in [-0.25, -0.2) is 4.39 Å². The number of nitro groups is 1. The molecule has 0 aromatic heterocycles. The Labute approximate surface area is 109 Å². The molecular weight excluding hydrogens is 255 g/mol. The molecule has 0 saturated carbocycles. The second kappa shape index (κ2) is 7.42. The van der Waals surface area contributed by atoms with Gasteiger partial charge in [-0.3, -0.25) is 14.9 Å². The number of benzene rings is 1. The molecule has 0 bridgehead atoms. The number of halogens is 1. The summed E-state index contributed by atoms with van der Waals surface area (Å²) in [5, 5.41) is 13.6. The number of hydrogen-bond donors (Lipinski definition) is 1. The zero-order valence-electron chi connectivity index (χ0n) is 10.5. The third-order valence-electron chi connectivity index (χ3n) is 2.36. The molecule has 0 spiro atoms. The van der Waals surface area contributed by atoms with Crippen molar-refractivity contribution in [1.29, 1.82) is 0 Å². The first-order chi connectivity index (χ1) is 9.04. The first-order valence-corrected chi connectivity index (χ1v) is 5.83. The maximum Gasteiger partial charge on any atom is 0.307 e. The van der Waals surface area contributed by atoms with Crippen LogP contribution in [0.1, 0.15) is 18.9 Å². The molecule has 7 heteroatoms. The summed E-state index contributed by atoms with van der Waals surface area (Å²) in [4.78, 5) is 21.2. The van der Waals surface area contributed by atoms with Gasteiger partial charge in [0.15, 0.2) is 0 Å². The first kappa shape index (κ1) is 15.0. The van der Waals surface area contributed by atoms with Crippen molar-refractivity contribution in [1.82, 2.24) is 5.32 Å². The fourth-order valence-corrected chi connectivity index (χ4v) is 1.52. The Morgan fingerprint density at radius 2 is 2.26 bits per heavy atom. The van der Waals surface area contributed by atoms with Crippen LogP contribution in [0.15, 0.2) is 18.2 Å². The summed E-state index contributed by atoms with van der Waals surface area (Å²) < 4.78 is 17.8. The average molecular weight is 270 g/mol. The highest BCUT2D eigenvalue weighted by Gasteiger charge is 2.13. The second-order valence-corrected chi connectivity index (χ2v) is 3.76. The van der Waals surface area contributed by atoms with Crippen molar-refractivity contribution in [3.63, 3.8) is 0 Å². The lowest BCUT2D eigenvalue weighted by Gasteiger charge is -2.06. The van der Waals surface area contributed by atoms with Crippen molar-refractivity contribution in [2.24, 2.45) is 0 Å². The van der Waals surface area contributed by atoms with Crippen molar-refractivity contribution < 1.29 is 18.8 Å². The standard InChI is InChI=1S/C12H15FN2O4/c1-2-19-12(16)5-6-14-8-9-7-10(13)3-4-11(9)15(17)18/h3-4,7,14H,2,5-6,8H2,1H3. The van der Waals surface area contributed by atoms with Crippen LogP contribution in [0, 0.1) is 15.9 Å². The third-order valence-corrected chi connectivity index (χ3v) is 2.36. The van der Waals surface area contributed by atoms with E-state index in [4.69, 9.17) is 4.74 Å². The Balaban J connectivity index is 2.51. The smallest absolute Gasteiger partial charge is 0.307 e. The number of nitrogens with one attached hydrogen (secondary N) is 1. The fraction of sp³-hybridized carbons (Fsp3) is 0.417. The van der Waals surface area contributed by atoms with Gasteiger partial charge in [0.05, 0.1) is 18.0 Å². The van der Waals surface area contributed by atoms with Gasteiger partial charge in [0, 0.05) is 24.7 Å². The predicted molar refractivity (Wildman–Crippen MR) is 66.0 cm³/mol. The van der Waals surface area contributed by atoms with Gasteiger partial charge in [0.1, 0.15) is 5.82 Å². The maximum atomic E-state index is 13.0. The zero-order chi connectivity index (χ0) is 14.3. The summed E-state index contributed by atoms with van der Waals surface area (Å²) in [7, 11) is 0. The lowest BCUT2D eigenvalue weighted by atomic mass is 10.1. The minimum Gasteiger partial charge on any atom is -0.466 e. The van der Waals surface area contributed by atoms with Crippen molar-refractivity contribution >= 4 is 11.7 Å². The molecule has 0 saturated heterocycles. The van der Waals surface area contributed by atoms with Crippen LogP contribution in [0.3, 0.4) is 0 Å². The van der Waals surface area contributed by atoms with E-state index in [1.54, 1.807) is 6.92 Å². The number of carbonyl (C=O) groups is 1. The number of nitrogens with zero attached hydrogens (tertiary/aromatic N) is 1. The van der Waals surface area contributed by atoms with Gasteiger partial charge < -0.3 is 10.1 Å². The predicted octanol–water partition coefficient (Wildman–Crippen LogP) is 1.78. The summed E-state index contributed by atoms with van der Waals surface area (Å²) in [6.07, 6.45) is 0.164. The summed E-state index contributed by atoms with van der Waals surface area (Å²) in [6.45, 7) is 2.45. The Morgan fingerprint density at radius 3 is 2.89 bits per heavy atom. The van der Waals surface area contributed by atoms with E-state index in [9.17, 15) is 19.3 Å². The van der Waals surface area contributed by atoms with Crippen LogP contribution in [-0.4, -0.2) is 24.0 Å². The highest BCUT2D eigenvalue weighted by atomic mass is 19.1. The fourth-order valence-electron chi connectivity index (χ4n) is 1.52. The van der Waals surface area contributed by atoms with E-state index in [2.05, 4.69) is 5.32 Å². The van der Waals surface area contributed by atoms with Crippen LogP contribution in [0.4, 0.5) is 10.1 Å². The summed E-state index contributed by atoms with van der Waals surface area (Å²) >= 11 is 0.